The van der Waals surface area contributed by atoms with E-state index in [1.807, 2.05) is 26.0 Å². The van der Waals surface area contributed by atoms with Crippen LogP contribution in [0.3, 0.4) is 0 Å². The van der Waals surface area contributed by atoms with Crippen LogP contribution < -0.4 is 5.73 Å². The van der Waals surface area contributed by atoms with E-state index in [0.29, 0.717) is 0 Å². The van der Waals surface area contributed by atoms with Crippen LogP contribution >= 0.6 is 15.9 Å². The summed E-state index contributed by atoms with van der Waals surface area (Å²) in [5.41, 5.74) is 6.47. The summed E-state index contributed by atoms with van der Waals surface area (Å²) in [6, 6.07) is 0. The molecule has 0 radical (unpaired) electrons. The second-order valence-electron chi connectivity index (χ2n) is 1.86. The van der Waals surface area contributed by atoms with Crippen LogP contribution in [-0.4, -0.2) is 0 Å². The van der Waals surface area contributed by atoms with E-state index < -0.39 is 0 Å². The van der Waals surface area contributed by atoms with E-state index >= 15 is 0 Å². The van der Waals surface area contributed by atoms with Gasteiger partial charge in [0.15, 0.2) is 0 Å². The second kappa shape index (κ2) is 5.54. The maximum Gasteiger partial charge on any atom is 0.00842 e. The van der Waals surface area contributed by atoms with Crippen molar-refractivity contribution in [3.8, 4) is 0 Å². The summed E-state index contributed by atoms with van der Waals surface area (Å²) in [6.45, 7) is 4.00. The van der Waals surface area contributed by atoms with Gasteiger partial charge < -0.3 is 5.73 Å². The normalized spacial score (nSPS) is 16.3. The maximum absolute atomic E-state index is 5.49. The molecule has 0 aromatic rings. The Hall–Kier alpha value is -0.240. The number of allylic oxidation sites excluding steroid dienone is 4. The predicted molar refractivity (Wildman–Crippen MR) is 49.9 cm³/mol. The fourth-order valence-corrected chi connectivity index (χ4v) is 0.958. The Morgan fingerprint density at radius 3 is 2.20 bits per heavy atom. The first-order chi connectivity index (χ1) is 4.79. The Morgan fingerprint density at radius 1 is 1.30 bits per heavy atom. The van der Waals surface area contributed by atoms with Crippen molar-refractivity contribution in [2.45, 2.75) is 26.7 Å². The minimum Gasteiger partial charge on any atom is -0.402 e. The fraction of sp³-hybridized carbons (Fsp3) is 0.500. The Kier molecular flexibility index (Phi) is 5.40. The lowest BCUT2D eigenvalue weighted by Crippen LogP contribution is -1.98. The molecule has 0 amide bonds. The second-order valence-corrected chi connectivity index (χ2v) is 2.87. The number of nitrogens with two attached hydrogens (primary N) is 1. The van der Waals surface area contributed by atoms with Crippen LogP contribution in [0.4, 0.5) is 0 Å². The van der Waals surface area contributed by atoms with Crippen LogP contribution in [0.25, 0.3) is 0 Å². The van der Waals surface area contributed by atoms with Gasteiger partial charge in [0.1, 0.15) is 0 Å². The van der Waals surface area contributed by atoms with Crippen molar-refractivity contribution in [3.05, 3.63) is 22.3 Å². The van der Waals surface area contributed by atoms with Gasteiger partial charge in [-0.2, -0.15) is 0 Å². The van der Waals surface area contributed by atoms with Crippen LogP contribution in [0.15, 0.2) is 22.3 Å². The van der Waals surface area contributed by atoms with Crippen LogP contribution in [-0.2, 0) is 0 Å². The highest BCUT2D eigenvalue weighted by molar-refractivity contribution is 9.11. The molecule has 1 aliphatic rings. The molecule has 0 spiro atoms. The summed E-state index contributed by atoms with van der Waals surface area (Å²) in [4.78, 5) is 0. The summed E-state index contributed by atoms with van der Waals surface area (Å²) in [7, 11) is 0. The fourth-order valence-electron chi connectivity index (χ4n) is 0.628. The van der Waals surface area contributed by atoms with Crippen molar-refractivity contribution < 1.29 is 0 Å². The molecular weight excluding hydrogens is 190 g/mol. The maximum atomic E-state index is 5.49. The monoisotopic (exact) mass is 203 g/mol. The number of halogens is 1. The average molecular weight is 204 g/mol. The molecule has 0 aromatic heterocycles. The zero-order chi connectivity index (χ0) is 7.98. The standard InChI is InChI=1S/C6H8BrN.C2H6/c7-5-1-3-6(8)4-2-5;1-2/h1,3H,2,4,8H2;1-2H3. The number of rotatable bonds is 0. The van der Waals surface area contributed by atoms with E-state index in [2.05, 4.69) is 15.9 Å². The molecule has 2 heteroatoms. The lowest BCUT2D eigenvalue weighted by atomic mass is 10.1. The lowest BCUT2D eigenvalue weighted by Gasteiger charge is -2.04. The zero-order valence-corrected chi connectivity index (χ0v) is 8.11. The van der Waals surface area contributed by atoms with Crippen molar-refractivity contribution in [2.75, 3.05) is 0 Å². The minimum absolute atomic E-state index is 0.980. The quantitative estimate of drug-likeness (QED) is 0.644. The van der Waals surface area contributed by atoms with E-state index in [1.165, 1.54) is 4.48 Å². The van der Waals surface area contributed by atoms with E-state index in [9.17, 15) is 0 Å². The molecule has 0 saturated carbocycles. The van der Waals surface area contributed by atoms with Gasteiger partial charge >= 0.3 is 0 Å². The third-order valence-electron chi connectivity index (χ3n) is 1.13. The van der Waals surface area contributed by atoms with Crippen LogP contribution in [0.2, 0.25) is 0 Å². The Balaban J connectivity index is 0.000000371. The predicted octanol–water partition coefficient (Wildman–Crippen LogP) is 2.93. The van der Waals surface area contributed by atoms with Crippen molar-refractivity contribution >= 4 is 15.9 Å². The molecule has 1 aliphatic carbocycles. The van der Waals surface area contributed by atoms with Crippen molar-refractivity contribution in [1.82, 2.24) is 0 Å². The molecule has 0 bridgehead atoms. The van der Waals surface area contributed by atoms with Gasteiger partial charge in [-0.25, -0.2) is 0 Å². The van der Waals surface area contributed by atoms with Gasteiger partial charge in [0.05, 0.1) is 0 Å². The van der Waals surface area contributed by atoms with E-state index in [0.717, 1.165) is 18.5 Å². The van der Waals surface area contributed by atoms with Gasteiger partial charge in [0.25, 0.3) is 0 Å². The molecule has 58 valence electrons. The van der Waals surface area contributed by atoms with Crippen LogP contribution in [0.1, 0.15) is 26.7 Å². The molecule has 0 saturated heterocycles. The number of hydrogen-bond donors (Lipinski definition) is 1. The van der Waals surface area contributed by atoms with Crippen molar-refractivity contribution in [1.29, 1.82) is 0 Å². The third-order valence-corrected chi connectivity index (χ3v) is 1.79. The topological polar surface area (TPSA) is 26.0 Å². The highest BCUT2D eigenvalue weighted by Gasteiger charge is 1.97. The first kappa shape index (κ1) is 9.76. The molecule has 0 aliphatic heterocycles. The Morgan fingerprint density at radius 2 is 1.90 bits per heavy atom. The SMILES string of the molecule is CC.NC1=CC=C(Br)CC1. The summed E-state index contributed by atoms with van der Waals surface area (Å²) in [5, 5.41) is 0. The minimum atomic E-state index is 0.980. The van der Waals surface area contributed by atoms with Gasteiger partial charge in [-0.15, -0.1) is 0 Å². The third kappa shape index (κ3) is 3.72. The highest BCUT2D eigenvalue weighted by atomic mass is 79.9. The molecule has 0 aromatic carbocycles. The summed E-state index contributed by atoms with van der Waals surface area (Å²) < 4.78 is 1.24. The number of hydrogen-bond acceptors (Lipinski definition) is 1. The molecule has 0 heterocycles. The summed E-state index contributed by atoms with van der Waals surface area (Å²) >= 11 is 3.38. The Labute approximate surface area is 71.1 Å². The first-order valence-corrected chi connectivity index (χ1v) is 4.39. The molecule has 1 nitrogen and oxygen atoms in total. The van der Waals surface area contributed by atoms with Gasteiger partial charge in [-0.05, 0) is 23.4 Å². The van der Waals surface area contributed by atoms with E-state index in [-0.39, 0.29) is 0 Å². The van der Waals surface area contributed by atoms with Crippen molar-refractivity contribution in [2.24, 2.45) is 5.73 Å². The first-order valence-electron chi connectivity index (χ1n) is 3.60. The molecule has 1 rings (SSSR count). The molecule has 0 unspecified atom stereocenters. The van der Waals surface area contributed by atoms with Gasteiger partial charge in [-0.1, -0.05) is 35.9 Å². The highest BCUT2D eigenvalue weighted by Crippen LogP contribution is 2.19. The zero-order valence-electron chi connectivity index (χ0n) is 6.52. The Bertz CT molecular complexity index is 129. The lowest BCUT2D eigenvalue weighted by molar-refractivity contribution is 0.936. The van der Waals surface area contributed by atoms with E-state index in [1.54, 1.807) is 0 Å². The van der Waals surface area contributed by atoms with Gasteiger partial charge in [0, 0.05) is 5.70 Å². The molecular formula is C8H14BrN. The molecule has 10 heavy (non-hydrogen) atoms. The molecule has 2 N–H and O–H groups in total. The molecule has 0 fully saturated rings. The summed E-state index contributed by atoms with van der Waals surface area (Å²) in [5.74, 6) is 0. The van der Waals surface area contributed by atoms with Crippen LogP contribution in [0.5, 0.6) is 0 Å². The molecule has 0 atom stereocenters. The van der Waals surface area contributed by atoms with E-state index in [4.69, 9.17) is 5.73 Å². The average Bonchev–Trinajstić information content (AvgIpc) is 2.00. The summed E-state index contributed by atoms with van der Waals surface area (Å²) in [6.07, 6.45) is 5.99. The smallest absolute Gasteiger partial charge is 0.00842 e. The van der Waals surface area contributed by atoms with Crippen LogP contribution in [0, 0.1) is 0 Å². The van der Waals surface area contributed by atoms with Gasteiger partial charge in [0.2, 0.25) is 0 Å². The van der Waals surface area contributed by atoms with Crippen molar-refractivity contribution in [3.63, 3.8) is 0 Å². The largest absolute Gasteiger partial charge is 0.402 e. The van der Waals surface area contributed by atoms with Gasteiger partial charge in [-0.3, -0.25) is 0 Å².